The molecule has 1 aliphatic heterocycles. The van der Waals surface area contributed by atoms with Gasteiger partial charge in [-0.15, -0.1) is 0 Å². The van der Waals surface area contributed by atoms with Crippen LogP contribution in [0.3, 0.4) is 0 Å². The molecule has 0 saturated carbocycles. The number of aliphatic hydroxyl groups is 1. The summed E-state index contributed by atoms with van der Waals surface area (Å²) in [6, 6.07) is 5.89. The van der Waals surface area contributed by atoms with Gasteiger partial charge in [-0.25, -0.2) is 0 Å². The number of nitro groups is 1. The predicted molar refractivity (Wildman–Crippen MR) is 74.9 cm³/mol. The first-order valence-corrected chi connectivity index (χ1v) is 6.93. The third kappa shape index (κ3) is 4.47. The number of hydrogen-bond donors (Lipinski definition) is 1. The molecular weight excluding hydrogens is 260 g/mol. The van der Waals surface area contributed by atoms with Crippen molar-refractivity contribution < 1.29 is 14.8 Å². The molecule has 1 heterocycles. The van der Waals surface area contributed by atoms with E-state index in [0.717, 1.165) is 13.1 Å². The van der Waals surface area contributed by atoms with Crippen LogP contribution in [0.15, 0.2) is 24.3 Å². The van der Waals surface area contributed by atoms with Crippen molar-refractivity contribution in [3.63, 3.8) is 0 Å². The molecule has 2 rings (SSSR count). The molecule has 20 heavy (non-hydrogen) atoms. The molecule has 1 aliphatic rings. The van der Waals surface area contributed by atoms with Crippen molar-refractivity contribution in [2.75, 3.05) is 26.2 Å². The van der Waals surface area contributed by atoms with Crippen molar-refractivity contribution in [1.29, 1.82) is 0 Å². The van der Waals surface area contributed by atoms with Gasteiger partial charge in [-0.1, -0.05) is 6.42 Å². The lowest BCUT2D eigenvalue weighted by molar-refractivity contribution is -0.384. The number of likely N-dealkylation sites (tertiary alicyclic amines) is 1. The number of aliphatic hydroxyl groups excluding tert-OH is 1. The normalized spacial score (nSPS) is 17.6. The Bertz CT molecular complexity index is 429. The first kappa shape index (κ1) is 14.7. The van der Waals surface area contributed by atoms with Crippen molar-refractivity contribution in [3.8, 4) is 5.75 Å². The van der Waals surface area contributed by atoms with Gasteiger partial charge in [0.1, 0.15) is 18.5 Å². The summed E-state index contributed by atoms with van der Waals surface area (Å²) in [6.45, 7) is 2.89. The maximum Gasteiger partial charge on any atom is 0.269 e. The van der Waals surface area contributed by atoms with Crippen molar-refractivity contribution >= 4 is 5.69 Å². The molecule has 0 aromatic heterocycles. The average molecular weight is 280 g/mol. The molecule has 0 unspecified atom stereocenters. The molecule has 0 amide bonds. The Kier molecular flexibility index (Phi) is 5.31. The maximum absolute atomic E-state index is 10.5. The van der Waals surface area contributed by atoms with Gasteiger partial charge in [-0.05, 0) is 38.1 Å². The topological polar surface area (TPSA) is 75.8 Å². The molecule has 1 N–H and O–H groups in total. The number of rotatable bonds is 6. The Balaban J connectivity index is 1.74. The average Bonchev–Trinajstić information content (AvgIpc) is 2.46. The number of β-amino-alcohol motifs (C(OH)–C–C–N with tert-alkyl or cyclic N) is 1. The standard InChI is InChI=1S/C14H20N2O4/c17-13(10-15-8-2-1-3-9-15)11-20-14-6-4-12(5-7-14)16(18)19/h4-7,13,17H,1-3,8-11H2/t13-/m0/s1. The van der Waals surface area contributed by atoms with Crippen LogP contribution in [-0.4, -0.2) is 47.3 Å². The van der Waals surface area contributed by atoms with E-state index in [2.05, 4.69) is 4.90 Å². The molecule has 6 heteroatoms. The van der Waals surface area contributed by atoms with E-state index in [4.69, 9.17) is 4.74 Å². The molecule has 1 aromatic rings. The highest BCUT2D eigenvalue weighted by molar-refractivity contribution is 5.35. The molecule has 0 radical (unpaired) electrons. The summed E-state index contributed by atoms with van der Waals surface area (Å²) in [5, 5.41) is 20.4. The molecule has 110 valence electrons. The number of nitro benzene ring substituents is 1. The van der Waals surface area contributed by atoms with Crippen LogP contribution < -0.4 is 4.74 Å². The summed E-state index contributed by atoms with van der Waals surface area (Å²) in [4.78, 5) is 12.3. The van der Waals surface area contributed by atoms with Crippen LogP contribution in [0.25, 0.3) is 0 Å². The fourth-order valence-corrected chi connectivity index (χ4v) is 2.35. The van der Waals surface area contributed by atoms with Gasteiger partial charge in [0.15, 0.2) is 0 Å². The largest absolute Gasteiger partial charge is 0.491 e. The first-order valence-electron chi connectivity index (χ1n) is 6.93. The lowest BCUT2D eigenvalue weighted by Gasteiger charge is -2.28. The van der Waals surface area contributed by atoms with Crippen LogP contribution in [0.5, 0.6) is 5.75 Å². The van der Waals surface area contributed by atoms with Gasteiger partial charge in [0.2, 0.25) is 0 Å². The fourth-order valence-electron chi connectivity index (χ4n) is 2.35. The highest BCUT2D eigenvalue weighted by Crippen LogP contribution is 2.17. The van der Waals surface area contributed by atoms with Crippen LogP contribution in [0.1, 0.15) is 19.3 Å². The number of piperidine rings is 1. The van der Waals surface area contributed by atoms with Crippen LogP contribution in [0, 0.1) is 10.1 Å². The predicted octanol–water partition coefficient (Wildman–Crippen LogP) is 1.82. The highest BCUT2D eigenvalue weighted by atomic mass is 16.6. The van der Waals surface area contributed by atoms with Gasteiger partial charge >= 0.3 is 0 Å². The Morgan fingerprint density at radius 2 is 1.90 bits per heavy atom. The monoisotopic (exact) mass is 280 g/mol. The summed E-state index contributed by atoms with van der Waals surface area (Å²) in [5.41, 5.74) is 0.0335. The van der Waals surface area contributed by atoms with Gasteiger partial charge in [-0.3, -0.25) is 10.1 Å². The van der Waals surface area contributed by atoms with Gasteiger partial charge in [0.25, 0.3) is 5.69 Å². The summed E-state index contributed by atoms with van der Waals surface area (Å²) in [5.74, 6) is 0.535. The molecule has 0 spiro atoms. The lowest BCUT2D eigenvalue weighted by atomic mass is 10.1. The molecule has 1 fully saturated rings. The smallest absolute Gasteiger partial charge is 0.269 e. The Morgan fingerprint density at radius 1 is 1.25 bits per heavy atom. The van der Waals surface area contributed by atoms with E-state index in [1.807, 2.05) is 0 Å². The van der Waals surface area contributed by atoms with E-state index < -0.39 is 11.0 Å². The quantitative estimate of drug-likeness (QED) is 0.635. The number of non-ortho nitro benzene ring substituents is 1. The van der Waals surface area contributed by atoms with Crippen molar-refractivity contribution in [2.24, 2.45) is 0 Å². The van der Waals surface area contributed by atoms with Crippen molar-refractivity contribution in [3.05, 3.63) is 34.4 Å². The minimum atomic E-state index is -0.539. The van der Waals surface area contributed by atoms with E-state index in [0.29, 0.717) is 12.3 Å². The van der Waals surface area contributed by atoms with E-state index in [1.165, 1.54) is 31.4 Å². The fraction of sp³-hybridized carbons (Fsp3) is 0.571. The Labute approximate surface area is 118 Å². The summed E-state index contributed by atoms with van der Waals surface area (Å²) in [6.07, 6.45) is 3.11. The SMILES string of the molecule is O=[N+]([O-])c1ccc(OC[C@@H](O)CN2CCCCC2)cc1. The molecular formula is C14H20N2O4. The van der Waals surface area contributed by atoms with E-state index >= 15 is 0 Å². The third-order valence-electron chi connectivity index (χ3n) is 3.41. The summed E-state index contributed by atoms with van der Waals surface area (Å²) >= 11 is 0. The molecule has 0 bridgehead atoms. The highest BCUT2D eigenvalue weighted by Gasteiger charge is 2.15. The minimum Gasteiger partial charge on any atom is -0.491 e. The number of hydrogen-bond acceptors (Lipinski definition) is 5. The molecule has 1 saturated heterocycles. The Morgan fingerprint density at radius 3 is 2.50 bits per heavy atom. The van der Waals surface area contributed by atoms with E-state index in [9.17, 15) is 15.2 Å². The van der Waals surface area contributed by atoms with Crippen molar-refractivity contribution in [1.82, 2.24) is 4.90 Å². The maximum atomic E-state index is 10.5. The van der Waals surface area contributed by atoms with Crippen LogP contribution in [0.2, 0.25) is 0 Å². The zero-order valence-corrected chi connectivity index (χ0v) is 11.4. The molecule has 1 aromatic carbocycles. The second kappa shape index (κ2) is 7.21. The zero-order valence-electron chi connectivity index (χ0n) is 11.4. The summed E-state index contributed by atoms with van der Waals surface area (Å²) in [7, 11) is 0. The lowest BCUT2D eigenvalue weighted by Crippen LogP contribution is -2.38. The van der Waals surface area contributed by atoms with Gasteiger partial charge in [-0.2, -0.15) is 0 Å². The minimum absolute atomic E-state index is 0.0335. The van der Waals surface area contributed by atoms with Crippen LogP contribution >= 0.6 is 0 Å². The van der Waals surface area contributed by atoms with Crippen LogP contribution in [0.4, 0.5) is 5.69 Å². The van der Waals surface area contributed by atoms with Gasteiger partial charge in [0, 0.05) is 18.7 Å². The number of nitrogens with zero attached hydrogens (tertiary/aromatic N) is 2. The molecule has 6 nitrogen and oxygen atoms in total. The zero-order chi connectivity index (χ0) is 14.4. The van der Waals surface area contributed by atoms with Crippen LogP contribution in [-0.2, 0) is 0 Å². The molecule has 0 aliphatic carbocycles. The number of benzene rings is 1. The second-order valence-corrected chi connectivity index (χ2v) is 5.08. The Hall–Kier alpha value is -1.66. The summed E-state index contributed by atoms with van der Waals surface area (Å²) < 4.78 is 5.44. The van der Waals surface area contributed by atoms with Gasteiger partial charge < -0.3 is 14.7 Å². The first-order chi connectivity index (χ1) is 9.65. The van der Waals surface area contributed by atoms with Gasteiger partial charge in [0.05, 0.1) is 4.92 Å². The third-order valence-corrected chi connectivity index (χ3v) is 3.41. The second-order valence-electron chi connectivity index (χ2n) is 5.08. The van der Waals surface area contributed by atoms with Crippen molar-refractivity contribution in [2.45, 2.75) is 25.4 Å². The van der Waals surface area contributed by atoms with E-state index in [1.54, 1.807) is 12.1 Å². The number of ether oxygens (including phenoxy) is 1. The molecule has 1 atom stereocenters. The van der Waals surface area contributed by atoms with E-state index in [-0.39, 0.29) is 12.3 Å².